The summed E-state index contributed by atoms with van der Waals surface area (Å²) in [4.78, 5) is 22.2. The smallest absolute Gasteiger partial charge is 0.338 e. The Morgan fingerprint density at radius 3 is 2.00 bits per heavy atom. The van der Waals surface area contributed by atoms with Crippen LogP contribution >= 0.6 is 0 Å². The highest BCUT2D eigenvalue weighted by Gasteiger charge is 2.30. The molecule has 2 aromatic carbocycles. The first kappa shape index (κ1) is 19.4. The number of carbonyl (C=O) groups excluding carboxylic acids is 2. The third kappa shape index (κ3) is 4.80. The molecule has 0 saturated heterocycles. The molecular formula is C21H22O5. The first-order valence-electron chi connectivity index (χ1n) is 8.12. The largest absolute Gasteiger partial charge is 0.457 e. The Kier molecular flexibility index (Phi) is 5.95. The van der Waals surface area contributed by atoms with Crippen LogP contribution in [0.1, 0.15) is 32.4 Å². The van der Waals surface area contributed by atoms with Crippen LogP contribution in [0.15, 0.2) is 60.7 Å². The van der Waals surface area contributed by atoms with Crippen molar-refractivity contribution < 1.29 is 24.2 Å². The van der Waals surface area contributed by atoms with Gasteiger partial charge in [0.1, 0.15) is 11.4 Å². The minimum atomic E-state index is -1.20. The van der Waals surface area contributed by atoms with Gasteiger partial charge in [0.05, 0.1) is 0 Å². The quantitative estimate of drug-likeness (QED) is 0.354. The zero-order valence-corrected chi connectivity index (χ0v) is 15.1. The van der Waals surface area contributed by atoms with Crippen molar-refractivity contribution in [2.24, 2.45) is 0 Å². The van der Waals surface area contributed by atoms with Crippen LogP contribution in [0, 0.1) is 0 Å². The minimum absolute atomic E-state index is 0.335. The predicted octanol–water partition coefficient (Wildman–Crippen LogP) is 3.82. The normalized spacial score (nSPS) is 12.2. The average molecular weight is 354 g/mol. The Hall–Kier alpha value is -2.92. The topological polar surface area (TPSA) is 72.8 Å². The Bertz CT molecular complexity index is 783. The van der Waals surface area contributed by atoms with E-state index in [2.05, 4.69) is 6.58 Å². The number of hydrogen-bond acceptors (Lipinski definition) is 5. The maximum atomic E-state index is 11.5. The molecule has 1 N–H and O–H groups in total. The lowest BCUT2D eigenvalue weighted by Gasteiger charge is -2.27. The molecule has 0 aliphatic carbocycles. The Morgan fingerprint density at radius 2 is 1.58 bits per heavy atom. The zero-order chi connectivity index (χ0) is 19.3. The van der Waals surface area contributed by atoms with Crippen LogP contribution in [0.5, 0.6) is 5.75 Å². The van der Waals surface area contributed by atoms with Gasteiger partial charge in [-0.1, -0.05) is 43.0 Å². The fourth-order valence-corrected chi connectivity index (χ4v) is 2.47. The Balaban J connectivity index is 2.18. The van der Waals surface area contributed by atoms with E-state index in [0.717, 1.165) is 11.1 Å². The van der Waals surface area contributed by atoms with Gasteiger partial charge >= 0.3 is 5.97 Å². The second-order valence-electron chi connectivity index (χ2n) is 6.58. The Labute approximate surface area is 152 Å². The molecule has 0 aliphatic rings. The summed E-state index contributed by atoms with van der Waals surface area (Å²) in [5.41, 5.74) is 1.70. The van der Waals surface area contributed by atoms with Crippen LogP contribution in [-0.2, 0) is 14.3 Å². The molecule has 2 aromatic rings. The van der Waals surface area contributed by atoms with Crippen molar-refractivity contribution in [3.05, 3.63) is 66.2 Å². The molecule has 1 unspecified atom stereocenters. The van der Waals surface area contributed by atoms with Gasteiger partial charge in [0.25, 0.3) is 6.47 Å². The second kappa shape index (κ2) is 7.97. The molecule has 0 aromatic heterocycles. The minimum Gasteiger partial charge on any atom is -0.457 e. The fraction of sp³-hybridized carbons (Fsp3) is 0.238. The lowest BCUT2D eigenvalue weighted by molar-refractivity contribution is -0.147. The van der Waals surface area contributed by atoms with Gasteiger partial charge in [0.15, 0.2) is 6.10 Å². The molecule has 5 heteroatoms. The number of ether oxygens (including phenoxy) is 2. The predicted molar refractivity (Wildman–Crippen MR) is 98.5 cm³/mol. The first-order chi connectivity index (χ1) is 12.2. The van der Waals surface area contributed by atoms with E-state index in [1.807, 2.05) is 24.3 Å². The van der Waals surface area contributed by atoms with E-state index in [4.69, 9.17) is 9.47 Å². The van der Waals surface area contributed by atoms with E-state index in [1.165, 1.54) is 0 Å². The highest BCUT2D eigenvalue weighted by Crippen LogP contribution is 2.31. The SMILES string of the molecule is C=C(C)C(=O)Oc1ccc(-c2ccc(C(OC=O)C(C)(C)O)cc2)cc1. The summed E-state index contributed by atoms with van der Waals surface area (Å²) in [5.74, 6) is -0.0187. The molecular weight excluding hydrogens is 332 g/mol. The van der Waals surface area contributed by atoms with Gasteiger partial charge in [0, 0.05) is 5.57 Å². The molecule has 5 nitrogen and oxygen atoms in total. The van der Waals surface area contributed by atoms with Gasteiger partial charge < -0.3 is 14.6 Å². The lowest BCUT2D eigenvalue weighted by atomic mass is 9.93. The molecule has 0 amide bonds. The molecule has 2 rings (SSSR count). The molecule has 0 radical (unpaired) electrons. The van der Waals surface area contributed by atoms with Crippen molar-refractivity contribution in [3.8, 4) is 16.9 Å². The van der Waals surface area contributed by atoms with Crippen molar-refractivity contribution in [1.82, 2.24) is 0 Å². The van der Waals surface area contributed by atoms with Crippen molar-refractivity contribution in [3.63, 3.8) is 0 Å². The maximum Gasteiger partial charge on any atom is 0.338 e. The molecule has 136 valence electrons. The Morgan fingerprint density at radius 1 is 1.08 bits per heavy atom. The van der Waals surface area contributed by atoms with E-state index in [9.17, 15) is 14.7 Å². The number of benzene rings is 2. The summed E-state index contributed by atoms with van der Waals surface area (Å²) in [7, 11) is 0. The van der Waals surface area contributed by atoms with Gasteiger partial charge in [-0.25, -0.2) is 4.79 Å². The summed E-state index contributed by atoms with van der Waals surface area (Å²) in [6.45, 7) is 8.64. The van der Waals surface area contributed by atoms with Crippen LogP contribution in [0.3, 0.4) is 0 Å². The highest BCUT2D eigenvalue weighted by atomic mass is 16.5. The highest BCUT2D eigenvalue weighted by molar-refractivity contribution is 5.88. The van der Waals surface area contributed by atoms with E-state index in [1.54, 1.807) is 45.0 Å². The van der Waals surface area contributed by atoms with Crippen molar-refractivity contribution >= 4 is 12.4 Å². The molecule has 0 fully saturated rings. The summed E-state index contributed by atoms with van der Waals surface area (Å²) >= 11 is 0. The molecule has 0 aliphatic heterocycles. The molecule has 1 atom stereocenters. The van der Waals surface area contributed by atoms with E-state index in [-0.39, 0.29) is 0 Å². The molecule has 26 heavy (non-hydrogen) atoms. The summed E-state index contributed by atoms with van der Waals surface area (Å²) in [6, 6.07) is 14.4. The van der Waals surface area contributed by atoms with Crippen LogP contribution in [0.2, 0.25) is 0 Å². The van der Waals surface area contributed by atoms with Gasteiger partial charge in [-0.2, -0.15) is 0 Å². The first-order valence-corrected chi connectivity index (χ1v) is 8.12. The van der Waals surface area contributed by atoms with E-state index in [0.29, 0.717) is 23.4 Å². The standard InChI is InChI=1S/C21H22O5/c1-14(2)20(23)26-18-11-9-16(10-12-18)15-5-7-17(8-6-15)19(25-13-22)21(3,4)24/h5-13,19,24H,1H2,2-4H3. The number of hydrogen-bond donors (Lipinski definition) is 1. The van der Waals surface area contributed by atoms with Crippen LogP contribution in [-0.4, -0.2) is 23.1 Å². The number of carbonyl (C=O) groups is 2. The summed E-state index contributed by atoms with van der Waals surface area (Å²) < 4.78 is 10.2. The second-order valence-corrected chi connectivity index (χ2v) is 6.58. The summed E-state index contributed by atoms with van der Waals surface area (Å²) in [6.07, 6.45) is -0.752. The van der Waals surface area contributed by atoms with E-state index >= 15 is 0 Å². The number of rotatable bonds is 7. The van der Waals surface area contributed by atoms with Crippen molar-refractivity contribution in [2.45, 2.75) is 32.5 Å². The molecule has 0 bridgehead atoms. The number of esters is 1. The lowest BCUT2D eigenvalue weighted by Crippen LogP contribution is -2.30. The van der Waals surface area contributed by atoms with Crippen molar-refractivity contribution in [2.75, 3.05) is 0 Å². The zero-order valence-electron chi connectivity index (χ0n) is 15.1. The van der Waals surface area contributed by atoms with Gasteiger partial charge in [-0.3, -0.25) is 4.79 Å². The van der Waals surface area contributed by atoms with Crippen LogP contribution < -0.4 is 4.74 Å². The van der Waals surface area contributed by atoms with Gasteiger partial charge in [0.2, 0.25) is 0 Å². The van der Waals surface area contributed by atoms with Crippen LogP contribution in [0.4, 0.5) is 0 Å². The van der Waals surface area contributed by atoms with Crippen LogP contribution in [0.25, 0.3) is 11.1 Å². The average Bonchev–Trinajstić information content (AvgIpc) is 2.59. The van der Waals surface area contributed by atoms with Gasteiger partial charge in [-0.05, 0) is 49.6 Å². The molecule has 0 spiro atoms. The maximum absolute atomic E-state index is 11.5. The van der Waals surface area contributed by atoms with Crippen molar-refractivity contribution in [1.29, 1.82) is 0 Å². The van der Waals surface area contributed by atoms with E-state index < -0.39 is 17.7 Å². The van der Waals surface area contributed by atoms with Gasteiger partial charge in [-0.15, -0.1) is 0 Å². The summed E-state index contributed by atoms with van der Waals surface area (Å²) in [5, 5.41) is 10.2. The fourth-order valence-electron chi connectivity index (χ4n) is 2.47. The monoisotopic (exact) mass is 354 g/mol. The molecule has 0 saturated carbocycles. The molecule has 0 heterocycles. The number of aliphatic hydroxyl groups is 1. The third-order valence-corrected chi connectivity index (χ3v) is 3.79. The third-order valence-electron chi connectivity index (χ3n) is 3.79.